The van der Waals surface area contributed by atoms with E-state index in [4.69, 9.17) is 0 Å². The van der Waals surface area contributed by atoms with Crippen LogP contribution in [0.2, 0.25) is 0 Å². The summed E-state index contributed by atoms with van der Waals surface area (Å²) >= 11 is 0. The van der Waals surface area contributed by atoms with Crippen molar-refractivity contribution >= 4 is 16.7 Å². The second-order valence-electron chi connectivity index (χ2n) is 6.89. The third-order valence-electron chi connectivity index (χ3n) is 4.68. The molecule has 1 N–H and O–H groups in total. The van der Waals surface area contributed by atoms with E-state index in [-0.39, 0.29) is 5.91 Å². The lowest BCUT2D eigenvalue weighted by molar-refractivity contribution is 0.0683. The summed E-state index contributed by atoms with van der Waals surface area (Å²) in [6.45, 7) is 7.19. The fourth-order valence-corrected chi connectivity index (χ4v) is 3.24. The van der Waals surface area contributed by atoms with Crippen LogP contribution in [0.15, 0.2) is 42.5 Å². The number of hydrogen-bond donors (Lipinski definition) is 1. The molecule has 0 saturated carbocycles. The van der Waals surface area contributed by atoms with Gasteiger partial charge in [0.2, 0.25) is 0 Å². The van der Waals surface area contributed by atoms with Crippen LogP contribution in [-0.4, -0.2) is 36.5 Å². The average molecular weight is 310 g/mol. The summed E-state index contributed by atoms with van der Waals surface area (Å²) in [5.41, 5.74) is 0.805. The minimum Gasteiger partial charge on any atom is -0.334 e. The smallest absolute Gasteiger partial charge is 0.254 e. The molecule has 3 heteroatoms. The van der Waals surface area contributed by atoms with Crippen LogP contribution in [0.3, 0.4) is 0 Å². The van der Waals surface area contributed by atoms with E-state index in [0.717, 1.165) is 43.4 Å². The van der Waals surface area contributed by atoms with Gasteiger partial charge in [-0.05, 0) is 48.2 Å². The minimum atomic E-state index is 0.171. The van der Waals surface area contributed by atoms with Gasteiger partial charge in [-0.1, -0.05) is 44.2 Å². The second-order valence-corrected chi connectivity index (χ2v) is 6.89. The van der Waals surface area contributed by atoms with Crippen LogP contribution in [0.25, 0.3) is 10.8 Å². The van der Waals surface area contributed by atoms with Gasteiger partial charge in [-0.15, -0.1) is 0 Å². The Morgan fingerprint density at radius 1 is 1.22 bits per heavy atom. The molecule has 1 saturated heterocycles. The fourth-order valence-electron chi connectivity index (χ4n) is 3.24. The van der Waals surface area contributed by atoms with E-state index in [1.54, 1.807) is 0 Å². The summed E-state index contributed by atoms with van der Waals surface area (Å²) in [5, 5.41) is 5.69. The minimum absolute atomic E-state index is 0.171. The fraction of sp³-hybridized carbons (Fsp3) is 0.450. The highest BCUT2D eigenvalue weighted by Crippen LogP contribution is 2.20. The molecule has 0 unspecified atom stereocenters. The Bertz CT molecular complexity index is 674. The molecule has 0 bridgehead atoms. The zero-order valence-corrected chi connectivity index (χ0v) is 14.1. The van der Waals surface area contributed by atoms with Gasteiger partial charge in [0.1, 0.15) is 0 Å². The molecule has 1 amide bonds. The SMILES string of the molecule is CC(C)CCN(C(=O)c1ccc2ccccc2c1)[C@@H]1CCNC1. The zero-order chi connectivity index (χ0) is 16.2. The van der Waals surface area contributed by atoms with Crippen LogP contribution in [0.5, 0.6) is 0 Å². The monoisotopic (exact) mass is 310 g/mol. The molecular formula is C20H26N2O. The highest BCUT2D eigenvalue weighted by Gasteiger charge is 2.27. The number of benzene rings is 2. The first-order chi connectivity index (χ1) is 11.1. The van der Waals surface area contributed by atoms with Crippen LogP contribution >= 0.6 is 0 Å². The van der Waals surface area contributed by atoms with E-state index in [0.29, 0.717) is 12.0 Å². The first-order valence-corrected chi connectivity index (χ1v) is 8.65. The molecule has 0 aromatic heterocycles. The molecule has 3 nitrogen and oxygen atoms in total. The summed E-state index contributed by atoms with van der Waals surface area (Å²) < 4.78 is 0. The Morgan fingerprint density at radius 2 is 2.00 bits per heavy atom. The summed E-state index contributed by atoms with van der Waals surface area (Å²) in [5.74, 6) is 0.779. The van der Waals surface area contributed by atoms with Gasteiger partial charge in [0.05, 0.1) is 0 Å². The Morgan fingerprint density at radius 3 is 2.70 bits per heavy atom. The topological polar surface area (TPSA) is 32.3 Å². The van der Waals surface area contributed by atoms with Crippen LogP contribution in [0.1, 0.15) is 37.0 Å². The predicted octanol–water partition coefficient (Wildman–Crippen LogP) is 3.69. The lowest BCUT2D eigenvalue weighted by Crippen LogP contribution is -2.42. The van der Waals surface area contributed by atoms with Gasteiger partial charge in [-0.25, -0.2) is 0 Å². The standard InChI is InChI=1S/C20H26N2O/c1-15(2)10-12-22(19-9-11-21-14-19)20(23)18-8-7-16-5-3-4-6-17(16)13-18/h3-8,13,15,19,21H,9-12,14H2,1-2H3/t19-/m1/s1. The van der Waals surface area contributed by atoms with Crippen LogP contribution in [0, 0.1) is 5.92 Å². The highest BCUT2D eigenvalue weighted by molar-refractivity contribution is 5.98. The Labute approximate surface area is 138 Å². The van der Waals surface area contributed by atoms with Gasteiger partial charge in [-0.3, -0.25) is 4.79 Å². The van der Waals surface area contributed by atoms with Gasteiger partial charge >= 0.3 is 0 Å². The summed E-state index contributed by atoms with van der Waals surface area (Å²) in [6.07, 6.45) is 2.10. The van der Waals surface area contributed by atoms with Crippen LogP contribution in [0.4, 0.5) is 0 Å². The first-order valence-electron chi connectivity index (χ1n) is 8.65. The van der Waals surface area contributed by atoms with Gasteiger partial charge in [-0.2, -0.15) is 0 Å². The van der Waals surface area contributed by atoms with Gasteiger partial charge in [0, 0.05) is 24.7 Å². The molecule has 3 rings (SSSR count). The van der Waals surface area contributed by atoms with Crippen LogP contribution < -0.4 is 5.32 Å². The van der Waals surface area contributed by atoms with Crippen molar-refractivity contribution in [1.29, 1.82) is 0 Å². The maximum absolute atomic E-state index is 13.1. The van der Waals surface area contributed by atoms with E-state index in [1.165, 1.54) is 5.39 Å². The molecule has 2 aromatic carbocycles. The maximum Gasteiger partial charge on any atom is 0.254 e. The van der Waals surface area contributed by atoms with Crippen molar-refractivity contribution in [3.63, 3.8) is 0 Å². The summed E-state index contributed by atoms with van der Waals surface area (Å²) in [7, 11) is 0. The molecule has 2 aromatic rings. The lowest BCUT2D eigenvalue weighted by Gasteiger charge is -2.29. The van der Waals surface area contributed by atoms with Crippen molar-refractivity contribution in [3.05, 3.63) is 48.0 Å². The normalized spacial score (nSPS) is 17.8. The number of amides is 1. The highest BCUT2D eigenvalue weighted by atomic mass is 16.2. The number of fused-ring (bicyclic) bond motifs is 1. The van der Waals surface area contributed by atoms with E-state index in [9.17, 15) is 4.79 Å². The molecule has 0 aliphatic carbocycles. The first kappa shape index (κ1) is 16.0. The van der Waals surface area contributed by atoms with Gasteiger partial charge < -0.3 is 10.2 Å². The van der Waals surface area contributed by atoms with Crippen molar-refractivity contribution in [2.45, 2.75) is 32.7 Å². The van der Waals surface area contributed by atoms with Crippen molar-refractivity contribution < 1.29 is 4.79 Å². The average Bonchev–Trinajstić information content (AvgIpc) is 3.08. The molecule has 0 spiro atoms. The number of nitrogens with one attached hydrogen (secondary N) is 1. The molecule has 122 valence electrons. The number of carbonyl (C=O) groups excluding carboxylic acids is 1. The van der Waals surface area contributed by atoms with Crippen molar-refractivity contribution in [1.82, 2.24) is 10.2 Å². The second kappa shape index (κ2) is 7.14. The quantitative estimate of drug-likeness (QED) is 0.913. The number of rotatable bonds is 5. The van der Waals surface area contributed by atoms with Gasteiger partial charge in [0.25, 0.3) is 5.91 Å². The zero-order valence-electron chi connectivity index (χ0n) is 14.1. The molecule has 1 heterocycles. The van der Waals surface area contributed by atoms with Crippen molar-refractivity contribution in [2.24, 2.45) is 5.92 Å². The Hall–Kier alpha value is -1.87. The molecule has 0 radical (unpaired) electrons. The predicted molar refractivity (Wildman–Crippen MR) is 95.7 cm³/mol. The largest absolute Gasteiger partial charge is 0.334 e. The third-order valence-corrected chi connectivity index (χ3v) is 4.68. The molecular weight excluding hydrogens is 284 g/mol. The lowest BCUT2D eigenvalue weighted by atomic mass is 10.0. The molecule has 1 aliphatic heterocycles. The molecule has 23 heavy (non-hydrogen) atoms. The number of carbonyl (C=O) groups is 1. The van der Waals surface area contributed by atoms with E-state index >= 15 is 0 Å². The third kappa shape index (κ3) is 3.73. The van der Waals surface area contributed by atoms with Crippen LogP contribution in [-0.2, 0) is 0 Å². The molecule has 1 aliphatic rings. The van der Waals surface area contributed by atoms with E-state index in [1.807, 2.05) is 24.3 Å². The molecule has 1 fully saturated rings. The number of nitrogens with zero attached hydrogens (tertiary/aromatic N) is 1. The van der Waals surface area contributed by atoms with E-state index in [2.05, 4.69) is 42.3 Å². The molecule has 1 atom stereocenters. The Kier molecular flexibility index (Phi) is 4.97. The van der Waals surface area contributed by atoms with Crippen molar-refractivity contribution in [3.8, 4) is 0 Å². The summed E-state index contributed by atoms with van der Waals surface area (Å²) in [4.78, 5) is 15.2. The number of hydrogen-bond acceptors (Lipinski definition) is 2. The van der Waals surface area contributed by atoms with Gasteiger partial charge in [0.15, 0.2) is 0 Å². The Balaban J connectivity index is 1.85. The van der Waals surface area contributed by atoms with E-state index < -0.39 is 0 Å². The summed E-state index contributed by atoms with van der Waals surface area (Å²) in [6, 6.07) is 14.6. The van der Waals surface area contributed by atoms with Crippen molar-refractivity contribution in [2.75, 3.05) is 19.6 Å². The maximum atomic E-state index is 13.1.